The Morgan fingerprint density at radius 1 is 0.931 bits per heavy atom. The van der Waals surface area contributed by atoms with Gasteiger partial charge < -0.3 is 10.1 Å². The molecule has 0 saturated heterocycles. The first-order valence-corrected chi connectivity index (χ1v) is 10.1. The van der Waals surface area contributed by atoms with Gasteiger partial charge in [-0.05, 0) is 33.9 Å². The molecule has 1 N–H and O–H groups in total. The van der Waals surface area contributed by atoms with Gasteiger partial charge in [0.15, 0.2) is 0 Å². The summed E-state index contributed by atoms with van der Waals surface area (Å²) >= 11 is 12.1. The van der Waals surface area contributed by atoms with Crippen LogP contribution < -0.4 is 5.32 Å². The van der Waals surface area contributed by atoms with Crippen molar-refractivity contribution in [3.8, 4) is 11.1 Å². The Kier molecular flexibility index (Phi) is 5.89. The van der Waals surface area contributed by atoms with Gasteiger partial charge in [0.2, 0.25) is 0 Å². The van der Waals surface area contributed by atoms with Crippen LogP contribution in [0.3, 0.4) is 0 Å². The number of halogens is 2. The predicted molar refractivity (Wildman–Crippen MR) is 119 cm³/mol. The number of hydrogen-bond acceptors (Lipinski definition) is 2. The van der Waals surface area contributed by atoms with Crippen LogP contribution in [0, 0.1) is 0 Å². The molecule has 1 aliphatic rings. The molecule has 3 nitrogen and oxygen atoms in total. The van der Waals surface area contributed by atoms with E-state index in [1.807, 2.05) is 42.5 Å². The Labute approximate surface area is 179 Å². The molecular weight excluding hydrogens is 405 g/mol. The number of fused-ring (bicyclic) bond motifs is 3. The zero-order valence-corrected chi connectivity index (χ0v) is 17.1. The summed E-state index contributed by atoms with van der Waals surface area (Å²) < 4.78 is 5.50. The molecule has 146 valence electrons. The lowest BCUT2D eigenvalue weighted by atomic mass is 9.98. The van der Waals surface area contributed by atoms with Crippen molar-refractivity contribution >= 4 is 35.4 Å². The molecule has 0 fully saturated rings. The van der Waals surface area contributed by atoms with Gasteiger partial charge in [-0.15, -0.1) is 0 Å². The zero-order valence-electron chi connectivity index (χ0n) is 15.6. The van der Waals surface area contributed by atoms with Crippen LogP contribution in [0.25, 0.3) is 17.2 Å². The number of nitrogens with one attached hydrogen (secondary N) is 1. The first-order valence-electron chi connectivity index (χ1n) is 9.34. The highest BCUT2D eigenvalue weighted by molar-refractivity contribution is 6.42. The van der Waals surface area contributed by atoms with E-state index in [0.717, 1.165) is 5.56 Å². The largest absolute Gasteiger partial charge is 0.449 e. The summed E-state index contributed by atoms with van der Waals surface area (Å²) in [6.45, 7) is 0.628. The normalized spacial score (nSPS) is 12.6. The van der Waals surface area contributed by atoms with E-state index in [0.29, 0.717) is 23.2 Å². The number of carbonyl (C=O) groups is 1. The molecule has 1 amide bonds. The lowest BCUT2D eigenvalue weighted by Crippen LogP contribution is -2.26. The van der Waals surface area contributed by atoms with Crippen LogP contribution in [0.4, 0.5) is 4.79 Å². The predicted octanol–water partition coefficient (Wildman–Crippen LogP) is 6.55. The summed E-state index contributed by atoms with van der Waals surface area (Å²) in [5.41, 5.74) is 5.60. The van der Waals surface area contributed by atoms with Gasteiger partial charge >= 0.3 is 6.09 Å². The van der Waals surface area contributed by atoms with Crippen LogP contribution in [0.2, 0.25) is 10.0 Å². The number of rotatable bonds is 5. The third-order valence-electron chi connectivity index (χ3n) is 4.99. The second-order valence-corrected chi connectivity index (χ2v) is 7.54. The summed E-state index contributed by atoms with van der Waals surface area (Å²) in [5, 5.41) is 3.73. The van der Waals surface area contributed by atoms with Crippen molar-refractivity contribution in [1.82, 2.24) is 5.32 Å². The molecule has 0 aliphatic heterocycles. The fourth-order valence-electron chi connectivity index (χ4n) is 3.63. The topological polar surface area (TPSA) is 38.3 Å². The molecule has 0 radical (unpaired) electrons. The third kappa shape index (κ3) is 4.16. The molecule has 0 saturated carbocycles. The van der Waals surface area contributed by atoms with Crippen molar-refractivity contribution < 1.29 is 9.53 Å². The van der Waals surface area contributed by atoms with E-state index in [2.05, 4.69) is 29.6 Å². The number of amides is 1. The molecule has 3 aromatic carbocycles. The lowest BCUT2D eigenvalue weighted by molar-refractivity contribution is 0.144. The zero-order chi connectivity index (χ0) is 20.2. The summed E-state index contributed by atoms with van der Waals surface area (Å²) in [4.78, 5) is 12.1. The standard InChI is InChI=1S/C24H19Cl2NO2/c25-22-13-5-7-16(23(22)26)8-6-14-27-24(28)29-15-21-19-11-3-1-9-17(19)18-10-2-4-12-20(18)21/h1-13,21H,14-15H2,(H,27,28). The number of ether oxygens (including phenoxy) is 1. The second-order valence-electron chi connectivity index (χ2n) is 6.75. The molecule has 29 heavy (non-hydrogen) atoms. The highest BCUT2D eigenvalue weighted by atomic mass is 35.5. The number of hydrogen-bond donors (Lipinski definition) is 1. The van der Waals surface area contributed by atoms with Crippen molar-refractivity contribution in [1.29, 1.82) is 0 Å². The summed E-state index contributed by atoms with van der Waals surface area (Å²) in [5.74, 6) is 0.0500. The highest BCUT2D eigenvalue weighted by Crippen LogP contribution is 2.44. The Bertz CT molecular complexity index is 1030. The van der Waals surface area contributed by atoms with E-state index in [-0.39, 0.29) is 5.92 Å². The molecule has 0 aromatic heterocycles. The monoisotopic (exact) mass is 423 g/mol. The van der Waals surface area contributed by atoms with Gasteiger partial charge in [-0.25, -0.2) is 4.79 Å². The van der Waals surface area contributed by atoms with Crippen LogP contribution >= 0.6 is 23.2 Å². The fourth-order valence-corrected chi connectivity index (χ4v) is 4.00. The van der Waals surface area contributed by atoms with E-state index in [1.165, 1.54) is 22.3 Å². The molecule has 3 aromatic rings. The average Bonchev–Trinajstić information content (AvgIpc) is 3.06. The van der Waals surface area contributed by atoms with Gasteiger partial charge in [0.05, 0.1) is 10.0 Å². The minimum atomic E-state index is -0.450. The Morgan fingerprint density at radius 2 is 1.59 bits per heavy atom. The van der Waals surface area contributed by atoms with Crippen LogP contribution in [0.15, 0.2) is 72.8 Å². The quantitative estimate of drug-likeness (QED) is 0.505. The summed E-state index contributed by atoms with van der Waals surface area (Å²) in [6, 6.07) is 21.9. The molecule has 1 aliphatic carbocycles. The van der Waals surface area contributed by atoms with Gasteiger partial charge in [-0.3, -0.25) is 0 Å². The van der Waals surface area contributed by atoms with Gasteiger partial charge in [0.25, 0.3) is 0 Å². The first-order chi connectivity index (χ1) is 14.1. The van der Waals surface area contributed by atoms with Crippen molar-refractivity contribution in [2.75, 3.05) is 13.2 Å². The molecule has 0 spiro atoms. The molecule has 0 atom stereocenters. The molecule has 0 unspecified atom stereocenters. The number of benzene rings is 3. The van der Waals surface area contributed by atoms with E-state index in [1.54, 1.807) is 12.1 Å². The smallest absolute Gasteiger partial charge is 0.407 e. The number of carbonyl (C=O) groups excluding carboxylic acids is 1. The fraction of sp³-hybridized carbons (Fsp3) is 0.125. The second kappa shape index (κ2) is 8.73. The maximum absolute atomic E-state index is 12.1. The summed E-state index contributed by atoms with van der Waals surface area (Å²) in [7, 11) is 0. The Morgan fingerprint density at radius 3 is 2.28 bits per heavy atom. The van der Waals surface area contributed by atoms with E-state index in [4.69, 9.17) is 27.9 Å². The van der Waals surface area contributed by atoms with Crippen LogP contribution in [0.5, 0.6) is 0 Å². The van der Waals surface area contributed by atoms with Crippen LogP contribution in [0.1, 0.15) is 22.6 Å². The van der Waals surface area contributed by atoms with Gasteiger partial charge in [0.1, 0.15) is 6.61 Å². The molecule has 0 bridgehead atoms. The first kappa shape index (κ1) is 19.6. The van der Waals surface area contributed by atoms with Gasteiger partial charge in [-0.2, -0.15) is 0 Å². The molecule has 5 heteroatoms. The molecule has 0 heterocycles. The summed E-state index contributed by atoms with van der Waals surface area (Å²) in [6.07, 6.45) is 3.17. The van der Waals surface area contributed by atoms with E-state index < -0.39 is 6.09 Å². The van der Waals surface area contributed by atoms with E-state index >= 15 is 0 Å². The van der Waals surface area contributed by atoms with Gasteiger partial charge in [0, 0.05) is 12.5 Å². The maximum atomic E-state index is 12.1. The Balaban J connectivity index is 1.34. The van der Waals surface area contributed by atoms with Crippen molar-refractivity contribution in [2.24, 2.45) is 0 Å². The SMILES string of the molecule is O=C(NCC=Cc1cccc(Cl)c1Cl)OCC1c2ccccc2-c2ccccc21. The average molecular weight is 424 g/mol. The van der Waals surface area contributed by atoms with Crippen molar-refractivity contribution in [2.45, 2.75) is 5.92 Å². The van der Waals surface area contributed by atoms with Crippen molar-refractivity contribution in [3.05, 3.63) is 99.5 Å². The Hall–Kier alpha value is -2.75. The maximum Gasteiger partial charge on any atom is 0.407 e. The van der Waals surface area contributed by atoms with Gasteiger partial charge in [-0.1, -0.05) is 96.0 Å². The third-order valence-corrected chi connectivity index (χ3v) is 5.82. The van der Waals surface area contributed by atoms with Crippen LogP contribution in [-0.2, 0) is 4.74 Å². The minimum absolute atomic E-state index is 0.0500. The van der Waals surface area contributed by atoms with E-state index in [9.17, 15) is 4.79 Å². The van der Waals surface area contributed by atoms with Crippen LogP contribution in [-0.4, -0.2) is 19.2 Å². The highest BCUT2D eigenvalue weighted by Gasteiger charge is 2.28. The molecular formula is C24H19Cl2NO2. The number of alkyl carbamates (subject to hydrolysis) is 1. The van der Waals surface area contributed by atoms with Crippen molar-refractivity contribution in [3.63, 3.8) is 0 Å². The molecule has 4 rings (SSSR count). The lowest BCUT2D eigenvalue weighted by Gasteiger charge is -2.14. The minimum Gasteiger partial charge on any atom is -0.449 e.